The van der Waals surface area contributed by atoms with Crippen molar-refractivity contribution in [2.75, 3.05) is 13.1 Å². The number of rotatable bonds is 7. The van der Waals surface area contributed by atoms with Crippen molar-refractivity contribution in [1.29, 1.82) is 0 Å². The van der Waals surface area contributed by atoms with Crippen molar-refractivity contribution in [1.82, 2.24) is 19.8 Å². The fourth-order valence-electron chi connectivity index (χ4n) is 4.17. The summed E-state index contributed by atoms with van der Waals surface area (Å²) in [6.07, 6.45) is 3.83. The van der Waals surface area contributed by atoms with Crippen LogP contribution in [0.15, 0.2) is 59.7 Å². The van der Waals surface area contributed by atoms with Gasteiger partial charge in [-0.2, -0.15) is 0 Å². The van der Waals surface area contributed by atoms with Crippen LogP contribution in [0.1, 0.15) is 30.9 Å². The summed E-state index contributed by atoms with van der Waals surface area (Å²) in [5.74, 6) is -0.0362. The molecule has 6 heteroatoms. The van der Waals surface area contributed by atoms with E-state index >= 15 is 0 Å². The minimum absolute atomic E-state index is 0.0362. The van der Waals surface area contributed by atoms with Crippen LogP contribution in [0.3, 0.4) is 0 Å². The number of benzene rings is 2. The summed E-state index contributed by atoms with van der Waals surface area (Å²) >= 11 is 0. The smallest absolute Gasteiger partial charge is 0.261 e. The molecule has 0 fully saturated rings. The van der Waals surface area contributed by atoms with E-state index in [4.69, 9.17) is 0 Å². The summed E-state index contributed by atoms with van der Waals surface area (Å²) in [5.41, 5.74) is 3.39. The Kier molecular flexibility index (Phi) is 6.23. The van der Waals surface area contributed by atoms with Crippen LogP contribution in [0.4, 0.5) is 0 Å². The second-order valence-corrected chi connectivity index (χ2v) is 7.87. The summed E-state index contributed by atoms with van der Waals surface area (Å²) in [7, 11) is 0. The zero-order valence-corrected chi connectivity index (χ0v) is 17.4. The van der Waals surface area contributed by atoms with E-state index in [1.54, 1.807) is 6.07 Å². The fraction of sp³-hybridized carbons (Fsp3) is 0.375. The van der Waals surface area contributed by atoms with Gasteiger partial charge in [0, 0.05) is 38.6 Å². The van der Waals surface area contributed by atoms with Gasteiger partial charge in [0.05, 0.1) is 17.2 Å². The second kappa shape index (κ2) is 9.22. The molecular formula is C24H28N4O2. The Labute approximate surface area is 176 Å². The number of fused-ring (bicyclic) bond motifs is 2. The van der Waals surface area contributed by atoms with Gasteiger partial charge in [0.2, 0.25) is 5.91 Å². The Hall–Kier alpha value is -2.99. The molecule has 30 heavy (non-hydrogen) atoms. The van der Waals surface area contributed by atoms with Crippen molar-refractivity contribution in [3.8, 4) is 0 Å². The normalized spacial score (nSPS) is 15.0. The minimum atomic E-state index is -0.105. The van der Waals surface area contributed by atoms with E-state index in [1.165, 1.54) is 22.0 Å². The molecule has 1 aliphatic rings. The van der Waals surface area contributed by atoms with Crippen LogP contribution in [-0.4, -0.2) is 39.5 Å². The number of nitrogens with zero attached hydrogens (tertiary/aromatic N) is 3. The Morgan fingerprint density at radius 3 is 2.73 bits per heavy atom. The van der Waals surface area contributed by atoms with Crippen LogP contribution < -0.4 is 10.9 Å². The van der Waals surface area contributed by atoms with Gasteiger partial charge in [-0.1, -0.05) is 43.3 Å². The first kappa shape index (κ1) is 20.3. The highest BCUT2D eigenvalue weighted by molar-refractivity contribution is 5.77. The molecule has 1 aliphatic heterocycles. The first-order valence-electron chi connectivity index (χ1n) is 10.7. The van der Waals surface area contributed by atoms with E-state index in [-0.39, 0.29) is 17.9 Å². The van der Waals surface area contributed by atoms with Gasteiger partial charge in [-0.05, 0) is 36.1 Å². The number of aromatic nitrogens is 2. The molecule has 1 unspecified atom stereocenters. The molecule has 1 amide bonds. The highest BCUT2D eigenvalue weighted by Gasteiger charge is 2.22. The maximum atomic E-state index is 12.5. The lowest BCUT2D eigenvalue weighted by atomic mass is 9.98. The lowest BCUT2D eigenvalue weighted by molar-refractivity contribution is -0.121. The topological polar surface area (TPSA) is 67.2 Å². The van der Waals surface area contributed by atoms with Gasteiger partial charge in [-0.3, -0.25) is 19.1 Å². The standard InChI is InChI=1S/C24H28N4O2/c1-2-20(27-13-11-18-7-3-4-8-19(18)16-27)15-25-23(29)12-14-28-17-26-22-10-6-5-9-21(22)24(28)30/h3-10,17,20H,2,11-16H2,1H3,(H,25,29). The zero-order valence-electron chi connectivity index (χ0n) is 17.4. The van der Waals surface area contributed by atoms with Crippen molar-refractivity contribution < 1.29 is 4.79 Å². The van der Waals surface area contributed by atoms with Crippen LogP contribution in [0.5, 0.6) is 0 Å². The zero-order chi connectivity index (χ0) is 20.9. The summed E-state index contributed by atoms with van der Waals surface area (Å²) in [4.78, 5) is 31.7. The molecule has 1 N–H and O–H groups in total. The molecule has 0 bridgehead atoms. The largest absolute Gasteiger partial charge is 0.354 e. The predicted molar refractivity (Wildman–Crippen MR) is 118 cm³/mol. The number of amides is 1. The average molecular weight is 405 g/mol. The highest BCUT2D eigenvalue weighted by atomic mass is 16.1. The molecule has 6 nitrogen and oxygen atoms in total. The maximum Gasteiger partial charge on any atom is 0.261 e. The second-order valence-electron chi connectivity index (χ2n) is 7.87. The lowest BCUT2D eigenvalue weighted by Crippen LogP contribution is -2.45. The summed E-state index contributed by atoms with van der Waals surface area (Å²) < 4.78 is 1.51. The molecule has 1 aromatic heterocycles. The predicted octanol–water partition coefficient (Wildman–Crippen LogP) is 2.74. The molecule has 0 radical (unpaired) electrons. The van der Waals surface area contributed by atoms with Gasteiger partial charge in [-0.25, -0.2) is 4.98 Å². The Bertz CT molecular complexity index is 1090. The lowest BCUT2D eigenvalue weighted by Gasteiger charge is -2.35. The first-order valence-corrected chi connectivity index (χ1v) is 10.7. The molecule has 0 aliphatic carbocycles. The summed E-state index contributed by atoms with van der Waals surface area (Å²) in [6.45, 7) is 5.07. The van der Waals surface area contributed by atoms with Crippen LogP contribution >= 0.6 is 0 Å². The number of nitrogens with one attached hydrogen (secondary N) is 1. The van der Waals surface area contributed by atoms with E-state index in [1.807, 2.05) is 18.2 Å². The van der Waals surface area contributed by atoms with Crippen LogP contribution in [-0.2, 0) is 24.3 Å². The number of aryl methyl sites for hydroxylation is 1. The number of carbonyl (C=O) groups is 1. The van der Waals surface area contributed by atoms with Crippen molar-refractivity contribution in [2.45, 2.75) is 45.3 Å². The van der Waals surface area contributed by atoms with Gasteiger partial charge >= 0.3 is 0 Å². The maximum absolute atomic E-state index is 12.5. The SMILES string of the molecule is CCC(CNC(=O)CCn1cnc2ccccc2c1=O)N1CCc2ccccc2C1. The monoisotopic (exact) mass is 404 g/mol. The molecule has 4 rings (SSSR count). The number of carbonyl (C=O) groups excluding carboxylic acids is 1. The third kappa shape index (κ3) is 4.44. The van der Waals surface area contributed by atoms with E-state index in [9.17, 15) is 9.59 Å². The summed E-state index contributed by atoms with van der Waals surface area (Å²) in [5, 5.41) is 3.65. The van der Waals surface area contributed by atoms with Crippen molar-refractivity contribution in [2.24, 2.45) is 0 Å². The van der Waals surface area contributed by atoms with E-state index in [0.717, 1.165) is 25.9 Å². The van der Waals surface area contributed by atoms with Gasteiger partial charge in [-0.15, -0.1) is 0 Å². The quantitative estimate of drug-likeness (QED) is 0.658. The van der Waals surface area contributed by atoms with E-state index < -0.39 is 0 Å². The van der Waals surface area contributed by atoms with E-state index in [0.29, 0.717) is 30.0 Å². The van der Waals surface area contributed by atoms with Crippen molar-refractivity contribution in [3.63, 3.8) is 0 Å². The van der Waals surface area contributed by atoms with Gasteiger partial charge in [0.1, 0.15) is 0 Å². The first-order chi connectivity index (χ1) is 14.7. The Morgan fingerprint density at radius 1 is 1.13 bits per heavy atom. The van der Waals surface area contributed by atoms with Gasteiger partial charge < -0.3 is 5.32 Å². The average Bonchev–Trinajstić information content (AvgIpc) is 2.79. The van der Waals surface area contributed by atoms with Gasteiger partial charge in [0.15, 0.2) is 0 Å². The molecule has 3 aromatic rings. The van der Waals surface area contributed by atoms with Crippen molar-refractivity contribution in [3.05, 3.63) is 76.3 Å². The Balaban J connectivity index is 1.31. The third-order valence-electron chi connectivity index (χ3n) is 5.99. The molecule has 1 atom stereocenters. The van der Waals surface area contributed by atoms with Crippen LogP contribution in [0.2, 0.25) is 0 Å². The molecule has 0 saturated heterocycles. The molecule has 2 aromatic carbocycles. The van der Waals surface area contributed by atoms with Crippen molar-refractivity contribution >= 4 is 16.8 Å². The molecule has 0 spiro atoms. The van der Waals surface area contributed by atoms with E-state index in [2.05, 4.69) is 46.4 Å². The van der Waals surface area contributed by atoms with Crippen LogP contribution in [0, 0.1) is 0 Å². The number of hydrogen-bond acceptors (Lipinski definition) is 4. The van der Waals surface area contributed by atoms with Gasteiger partial charge in [0.25, 0.3) is 5.56 Å². The minimum Gasteiger partial charge on any atom is -0.354 e. The summed E-state index contributed by atoms with van der Waals surface area (Å²) in [6, 6.07) is 16.2. The molecule has 156 valence electrons. The highest BCUT2D eigenvalue weighted by Crippen LogP contribution is 2.21. The Morgan fingerprint density at radius 2 is 1.90 bits per heavy atom. The number of para-hydroxylation sites is 1. The molecule has 2 heterocycles. The molecule has 0 saturated carbocycles. The van der Waals surface area contributed by atoms with Crippen LogP contribution in [0.25, 0.3) is 10.9 Å². The molecular weight excluding hydrogens is 376 g/mol. The number of hydrogen-bond donors (Lipinski definition) is 1. The third-order valence-corrected chi connectivity index (χ3v) is 5.99. The fourth-order valence-corrected chi connectivity index (χ4v) is 4.17.